The maximum atomic E-state index is 13.0. The van der Waals surface area contributed by atoms with E-state index in [1.807, 2.05) is 30.1 Å². The molecule has 0 fully saturated rings. The zero-order valence-corrected chi connectivity index (χ0v) is 14.6. The van der Waals surface area contributed by atoms with Gasteiger partial charge in [-0.1, -0.05) is 12.1 Å². The Morgan fingerprint density at radius 2 is 1.85 bits per heavy atom. The van der Waals surface area contributed by atoms with Crippen LogP contribution in [0.2, 0.25) is 0 Å². The molecule has 1 N–H and O–H groups in total. The van der Waals surface area contributed by atoms with Crippen LogP contribution in [0.4, 0.5) is 4.39 Å². The summed E-state index contributed by atoms with van der Waals surface area (Å²) in [4.78, 5) is 25.9. The van der Waals surface area contributed by atoms with Crippen molar-refractivity contribution in [2.75, 3.05) is 7.05 Å². The molecule has 4 aromatic rings. The van der Waals surface area contributed by atoms with E-state index in [1.165, 1.54) is 12.1 Å². The van der Waals surface area contributed by atoms with E-state index in [-0.39, 0.29) is 11.4 Å². The van der Waals surface area contributed by atoms with Crippen LogP contribution in [0, 0.1) is 5.82 Å². The molecule has 27 heavy (non-hydrogen) atoms. The number of nitrogens with one attached hydrogen (secondary N) is 1. The molecule has 0 aliphatic rings. The van der Waals surface area contributed by atoms with Gasteiger partial charge < -0.3 is 9.40 Å². The number of nitrogens with zero attached hydrogens (tertiary/aromatic N) is 3. The molecule has 0 aliphatic heterocycles. The number of hydrogen-bond acceptors (Lipinski definition) is 5. The highest BCUT2D eigenvalue weighted by atomic mass is 19.1. The number of fused-ring (bicyclic) bond motifs is 1. The molecule has 0 amide bonds. The number of halogens is 1. The number of aromatic amines is 1. The van der Waals surface area contributed by atoms with Crippen LogP contribution in [-0.4, -0.2) is 26.9 Å². The molecule has 0 atom stereocenters. The molecule has 0 spiro atoms. The van der Waals surface area contributed by atoms with Crippen molar-refractivity contribution in [3.05, 3.63) is 82.5 Å². The summed E-state index contributed by atoms with van der Waals surface area (Å²) in [6.07, 6.45) is 1.58. The predicted molar refractivity (Wildman–Crippen MR) is 99.4 cm³/mol. The van der Waals surface area contributed by atoms with Gasteiger partial charge in [-0.15, -0.1) is 0 Å². The fourth-order valence-electron chi connectivity index (χ4n) is 2.90. The lowest BCUT2D eigenvalue weighted by Crippen LogP contribution is -2.22. The maximum Gasteiger partial charge on any atom is 0.258 e. The summed E-state index contributed by atoms with van der Waals surface area (Å²) in [5.74, 6) is 0.723. The maximum absolute atomic E-state index is 13.0. The zero-order valence-electron chi connectivity index (χ0n) is 14.6. The monoisotopic (exact) mass is 364 g/mol. The number of H-pyrrole nitrogens is 1. The standard InChI is InChI=1S/C20H17FN4O2/c1-25(11-18-23-17-5-3-2-4-16(17)19(26)24-18)10-15-12-27-20(22-15)13-6-8-14(21)9-7-13/h2-9,12H,10-11H2,1H3,(H,23,24,26). The van der Waals surface area contributed by atoms with Crippen molar-refractivity contribution in [3.8, 4) is 11.5 Å². The van der Waals surface area contributed by atoms with Crippen LogP contribution >= 0.6 is 0 Å². The third kappa shape index (κ3) is 3.78. The van der Waals surface area contributed by atoms with Crippen molar-refractivity contribution in [3.63, 3.8) is 0 Å². The molecule has 2 aromatic heterocycles. The van der Waals surface area contributed by atoms with Crippen LogP contribution in [-0.2, 0) is 13.1 Å². The summed E-state index contributed by atoms with van der Waals surface area (Å²) >= 11 is 0. The summed E-state index contributed by atoms with van der Waals surface area (Å²) in [6.45, 7) is 0.972. The SMILES string of the molecule is CN(Cc1coc(-c2ccc(F)cc2)n1)Cc1nc2ccccc2c(=O)[nH]1. The van der Waals surface area contributed by atoms with E-state index in [0.29, 0.717) is 41.3 Å². The summed E-state index contributed by atoms with van der Waals surface area (Å²) < 4.78 is 18.5. The van der Waals surface area contributed by atoms with Crippen molar-refractivity contribution < 1.29 is 8.81 Å². The van der Waals surface area contributed by atoms with E-state index in [1.54, 1.807) is 24.5 Å². The molecule has 2 aromatic carbocycles. The van der Waals surface area contributed by atoms with E-state index in [0.717, 1.165) is 5.69 Å². The van der Waals surface area contributed by atoms with Gasteiger partial charge in [0.05, 0.1) is 23.1 Å². The largest absolute Gasteiger partial charge is 0.444 e. The van der Waals surface area contributed by atoms with Crippen molar-refractivity contribution in [1.29, 1.82) is 0 Å². The van der Waals surface area contributed by atoms with Gasteiger partial charge in [0.1, 0.15) is 17.9 Å². The average molecular weight is 364 g/mol. The number of hydrogen-bond donors (Lipinski definition) is 1. The molecule has 0 saturated heterocycles. The second-order valence-corrected chi connectivity index (χ2v) is 6.35. The normalized spacial score (nSPS) is 11.4. The fourth-order valence-corrected chi connectivity index (χ4v) is 2.90. The van der Waals surface area contributed by atoms with Crippen molar-refractivity contribution in [2.45, 2.75) is 13.1 Å². The van der Waals surface area contributed by atoms with Gasteiger partial charge in [0, 0.05) is 12.1 Å². The van der Waals surface area contributed by atoms with Crippen LogP contribution < -0.4 is 5.56 Å². The van der Waals surface area contributed by atoms with E-state index < -0.39 is 0 Å². The Bertz CT molecular complexity index is 1130. The van der Waals surface area contributed by atoms with E-state index in [9.17, 15) is 9.18 Å². The minimum absolute atomic E-state index is 0.149. The molecule has 6 nitrogen and oxygen atoms in total. The van der Waals surface area contributed by atoms with Crippen molar-refractivity contribution in [1.82, 2.24) is 19.9 Å². The molecular formula is C20H17FN4O2. The Kier molecular flexibility index (Phi) is 4.52. The minimum atomic E-state index is -0.304. The Labute approximate surface area is 154 Å². The minimum Gasteiger partial charge on any atom is -0.444 e. The number of aromatic nitrogens is 3. The fraction of sp³-hybridized carbons (Fsp3) is 0.150. The molecule has 0 radical (unpaired) electrons. The smallest absolute Gasteiger partial charge is 0.258 e. The van der Waals surface area contributed by atoms with Crippen LogP contribution in [0.25, 0.3) is 22.4 Å². The number of para-hydroxylation sites is 1. The van der Waals surface area contributed by atoms with Gasteiger partial charge in [-0.3, -0.25) is 9.69 Å². The molecule has 0 aliphatic carbocycles. The Balaban J connectivity index is 1.48. The van der Waals surface area contributed by atoms with Gasteiger partial charge in [0.15, 0.2) is 0 Å². The summed E-state index contributed by atoms with van der Waals surface area (Å²) in [7, 11) is 1.90. The molecular weight excluding hydrogens is 347 g/mol. The highest BCUT2D eigenvalue weighted by Crippen LogP contribution is 2.19. The van der Waals surface area contributed by atoms with Crippen LogP contribution in [0.3, 0.4) is 0 Å². The van der Waals surface area contributed by atoms with Gasteiger partial charge in [-0.25, -0.2) is 14.4 Å². The summed E-state index contributed by atoms with van der Waals surface area (Å²) in [6, 6.07) is 13.2. The van der Waals surface area contributed by atoms with Crippen molar-refractivity contribution in [2.24, 2.45) is 0 Å². The number of oxazole rings is 1. The first-order chi connectivity index (χ1) is 13.1. The van der Waals surface area contributed by atoms with E-state index in [4.69, 9.17) is 4.42 Å². The lowest BCUT2D eigenvalue weighted by atomic mass is 10.2. The number of benzene rings is 2. The third-order valence-electron chi connectivity index (χ3n) is 4.16. The van der Waals surface area contributed by atoms with Gasteiger partial charge in [-0.05, 0) is 43.4 Å². The third-order valence-corrected chi connectivity index (χ3v) is 4.16. The second kappa shape index (κ2) is 7.13. The average Bonchev–Trinajstić information content (AvgIpc) is 3.10. The first-order valence-electron chi connectivity index (χ1n) is 8.45. The Morgan fingerprint density at radius 1 is 1.07 bits per heavy atom. The van der Waals surface area contributed by atoms with Crippen LogP contribution in [0.15, 0.2) is 64.0 Å². The van der Waals surface area contributed by atoms with Gasteiger partial charge in [-0.2, -0.15) is 0 Å². The highest BCUT2D eigenvalue weighted by Gasteiger charge is 2.11. The lowest BCUT2D eigenvalue weighted by molar-refractivity contribution is 0.306. The zero-order chi connectivity index (χ0) is 18.8. The molecule has 2 heterocycles. The van der Waals surface area contributed by atoms with Gasteiger partial charge in [0.25, 0.3) is 5.56 Å². The van der Waals surface area contributed by atoms with Crippen LogP contribution in [0.1, 0.15) is 11.5 Å². The van der Waals surface area contributed by atoms with Gasteiger partial charge in [0.2, 0.25) is 5.89 Å². The summed E-state index contributed by atoms with van der Waals surface area (Å²) in [5, 5.41) is 0.573. The second-order valence-electron chi connectivity index (χ2n) is 6.35. The first-order valence-corrected chi connectivity index (χ1v) is 8.45. The molecule has 136 valence electrons. The first kappa shape index (κ1) is 17.1. The topological polar surface area (TPSA) is 75.0 Å². The van der Waals surface area contributed by atoms with E-state index >= 15 is 0 Å². The Hall–Kier alpha value is -3.32. The van der Waals surface area contributed by atoms with Gasteiger partial charge >= 0.3 is 0 Å². The van der Waals surface area contributed by atoms with E-state index in [2.05, 4.69) is 15.0 Å². The summed E-state index contributed by atoms with van der Waals surface area (Å²) in [5.41, 5.74) is 1.97. The predicted octanol–water partition coefficient (Wildman–Crippen LogP) is 3.35. The highest BCUT2D eigenvalue weighted by molar-refractivity contribution is 5.77. The molecule has 0 saturated carbocycles. The Morgan fingerprint density at radius 3 is 2.67 bits per heavy atom. The number of rotatable bonds is 5. The lowest BCUT2D eigenvalue weighted by Gasteiger charge is -2.14. The van der Waals surface area contributed by atoms with Crippen LogP contribution in [0.5, 0.6) is 0 Å². The molecule has 0 unspecified atom stereocenters. The van der Waals surface area contributed by atoms with Crippen molar-refractivity contribution >= 4 is 10.9 Å². The molecule has 0 bridgehead atoms. The molecule has 4 rings (SSSR count). The molecule has 7 heteroatoms. The quantitative estimate of drug-likeness (QED) is 0.588.